The molecular formula is C17H30N4O3S. The molecule has 0 spiro atoms. The van der Waals surface area contributed by atoms with Crippen LogP contribution in [0.1, 0.15) is 57.8 Å². The van der Waals surface area contributed by atoms with E-state index in [4.69, 9.17) is 0 Å². The van der Waals surface area contributed by atoms with Crippen LogP contribution in [-0.4, -0.2) is 56.7 Å². The maximum atomic E-state index is 12.6. The Bertz CT molecular complexity index is 592. The molecule has 25 heavy (non-hydrogen) atoms. The lowest BCUT2D eigenvalue weighted by atomic mass is 9.92. The molecule has 1 saturated carbocycles. The summed E-state index contributed by atoms with van der Waals surface area (Å²) in [6.07, 6.45) is 9.67. The molecule has 7 nitrogen and oxygen atoms in total. The highest BCUT2D eigenvalue weighted by molar-refractivity contribution is 7.88. The molecule has 1 heterocycles. The average molecular weight is 371 g/mol. The number of nitrogens with one attached hydrogen (secondary N) is 2. The van der Waals surface area contributed by atoms with Crippen molar-refractivity contribution < 1.29 is 13.2 Å². The monoisotopic (exact) mass is 370 g/mol. The lowest BCUT2D eigenvalue weighted by Crippen LogP contribution is -2.54. The minimum Gasteiger partial charge on any atom is -0.337 e. The van der Waals surface area contributed by atoms with Gasteiger partial charge < -0.3 is 5.32 Å². The van der Waals surface area contributed by atoms with Crippen molar-refractivity contribution in [2.45, 2.75) is 69.4 Å². The number of amides is 1. The van der Waals surface area contributed by atoms with E-state index in [0.29, 0.717) is 19.4 Å². The minimum absolute atomic E-state index is 0.0291. The summed E-state index contributed by atoms with van der Waals surface area (Å²) in [4.78, 5) is 14.6. The van der Waals surface area contributed by atoms with Crippen molar-refractivity contribution in [2.24, 2.45) is 0 Å². The van der Waals surface area contributed by atoms with Gasteiger partial charge in [-0.1, -0.05) is 32.1 Å². The van der Waals surface area contributed by atoms with Crippen LogP contribution in [0.3, 0.4) is 0 Å². The molecule has 0 aromatic heterocycles. The number of hydrogen-bond acceptors (Lipinski definition) is 5. The predicted molar refractivity (Wildman–Crippen MR) is 96.2 cm³/mol. The summed E-state index contributed by atoms with van der Waals surface area (Å²) in [5.41, 5.74) is -0.732. The van der Waals surface area contributed by atoms with E-state index < -0.39 is 15.6 Å². The van der Waals surface area contributed by atoms with Crippen LogP contribution in [0.25, 0.3) is 0 Å². The Labute approximate surface area is 151 Å². The first-order valence-corrected chi connectivity index (χ1v) is 11.1. The van der Waals surface area contributed by atoms with Gasteiger partial charge in [-0.3, -0.25) is 9.69 Å². The SMILES string of the molecule is CS(=O)(=O)NC[C@@H]1CCCCN1CC(=O)NC1(C#N)CCCCCC1. The fourth-order valence-corrected chi connectivity index (χ4v) is 4.33. The smallest absolute Gasteiger partial charge is 0.235 e. The predicted octanol–water partition coefficient (Wildman–Crippen LogP) is 1.12. The largest absolute Gasteiger partial charge is 0.337 e. The summed E-state index contributed by atoms with van der Waals surface area (Å²) < 4.78 is 25.2. The second kappa shape index (κ2) is 8.97. The Morgan fingerprint density at radius 1 is 1.20 bits per heavy atom. The second-order valence-electron chi connectivity index (χ2n) is 7.40. The Morgan fingerprint density at radius 3 is 2.48 bits per heavy atom. The summed E-state index contributed by atoms with van der Waals surface area (Å²) in [5.74, 6) is -0.130. The molecule has 2 aliphatic rings. The molecule has 0 unspecified atom stereocenters. The number of hydrogen-bond donors (Lipinski definition) is 2. The van der Waals surface area contributed by atoms with Crippen LogP contribution >= 0.6 is 0 Å². The van der Waals surface area contributed by atoms with Crippen LogP contribution in [0.15, 0.2) is 0 Å². The molecule has 1 aliphatic heterocycles. The number of nitriles is 1. The van der Waals surface area contributed by atoms with Gasteiger partial charge >= 0.3 is 0 Å². The number of rotatable bonds is 6. The van der Waals surface area contributed by atoms with E-state index >= 15 is 0 Å². The molecule has 1 amide bonds. The highest BCUT2D eigenvalue weighted by atomic mass is 32.2. The number of piperidine rings is 1. The highest BCUT2D eigenvalue weighted by Gasteiger charge is 2.33. The van der Waals surface area contributed by atoms with Crippen LogP contribution in [0.2, 0.25) is 0 Å². The molecule has 8 heteroatoms. The fraction of sp³-hybridized carbons (Fsp3) is 0.882. The summed E-state index contributed by atoms with van der Waals surface area (Å²) in [6, 6.07) is 2.37. The number of nitrogens with zero attached hydrogens (tertiary/aromatic N) is 2. The molecule has 142 valence electrons. The summed E-state index contributed by atoms with van der Waals surface area (Å²) >= 11 is 0. The zero-order chi connectivity index (χ0) is 18.3. The van der Waals surface area contributed by atoms with Crippen molar-refractivity contribution in [3.05, 3.63) is 0 Å². The highest BCUT2D eigenvalue weighted by Crippen LogP contribution is 2.26. The first kappa shape index (κ1) is 20.1. The van der Waals surface area contributed by atoms with Gasteiger partial charge in [0.25, 0.3) is 0 Å². The quantitative estimate of drug-likeness (QED) is 0.682. The molecule has 0 radical (unpaired) electrons. The number of sulfonamides is 1. The van der Waals surface area contributed by atoms with Gasteiger partial charge in [-0.25, -0.2) is 13.1 Å². The van der Waals surface area contributed by atoms with Crippen LogP contribution in [0.4, 0.5) is 0 Å². The van der Waals surface area contributed by atoms with Crippen molar-refractivity contribution in [2.75, 3.05) is 25.9 Å². The van der Waals surface area contributed by atoms with Gasteiger partial charge in [-0.05, 0) is 32.2 Å². The van der Waals surface area contributed by atoms with Gasteiger partial charge in [0.05, 0.1) is 18.9 Å². The Kier molecular flexibility index (Phi) is 7.23. The standard InChI is InChI=1S/C17H30N4O3S/c1-25(23,24)19-12-15-8-4-7-11-21(15)13-16(22)20-17(14-18)9-5-2-3-6-10-17/h15,19H,2-13H2,1H3,(H,20,22)/t15-/m0/s1. The molecule has 2 rings (SSSR count). The molecule has 0 aromatic rings. The van der Waals surface area contributed by atoms with E-state index in [1.54, 1.807) is 0 Å². The second-order valence-corrected chi connectivity index (χ2v) is 9.23. The number of likely N-dealkylation sites (tertiary alicyclic amines) is 1. The van der Waals surface area contributed by atoms with Crippen molar-refractivity contribution in [1.82, 2.24) is 14.9 Å². The Balaban J connectivity index is 1.93. The van der Waals surface area contributed by atoms with Crippen molar-refractivity contribution in [1.29, 1.82) is 5.26 Å². The molecule has 1 atom stereocenters. The zero-order valence-corrected chi connectivity index (χ0v) is 15.9. The van der Waals surface area contributed by atoms with Gasteiger partial charge in [-0.15, -0.1) is 0 Å². The Morgan fingerprint density at radius 2 is 1.88 bits per heavy atom. The van der Waals surface area contributed by atoms with E-state index in [1.165, 1.54) is 0 Å². The summed E-state index contributed by atoms with van der Waals surface area (Å²) in [6.45, 7) is 1.33. The third-order valence-electron chi connectivity index (χ3n) is 5.23. The normalized spacial score (nSPS) is 24.9. The number of carbonyl (C=O) groups is 1. The van der Waals surface area contributed by atoms with Crippen molar-refractivity contribution >= 4 is 15.9 Å². The zero-order valence-electron chi connectivity index (χ0n) is 15.1. The third-order valence-corrected chi connectivity index (χ3v) is 5.92. The van der Waals surface area contributed by atoms with Gasteiger partial charge in [0.15, 0.2) is 0 Å². The van der Waals surface area contributed by atoms with Gasteiger partial charge in [-0.2, -0.15) is 5.26 Å². The first-order chi connectivity index (χ1) is 11.8. The minimum atomic E-state index is -3.24. The lowest BCUT2D eigenvalue weighted by molar-refractivity contribution is -0.124. The van der Waals surface area contributed by atoms with Crippen LogP contribution in [0.5, 0.6) is 0 Å². The third kappa shape index (κ3) is 6.57. The topological polar surface area (TPSA) is 102 Å². The van der Waals surface area contributed by atoms with Gasteiger partial charge in [0, 0.05) is 12.6 Å². The summed E-state index contributed by atoms with van der Waals surface area (Å²) in [5, 5.41) is 12.6. The van der Waals surface area contributed by atoms with Crippen LogP contribution < -0.4 is 10.0 Å². The average Bonchev–Trinajstić information content (AvgIpc) is 2.79. The molecule has 1 saturated heterocycles. The number of carbonyl (C=O) groups excluding carboxylic acids is 1. The Hall–Kier alpha value is -1.17. The maximum absolute atomic E-state index is 12.6. The van der Waals surface area contributed by atoms with Crippen LogP contribution in [0, 0.1) is 11.3 Å². The van der Waals surface area contributed by atoms with Gasteiger partial charge in [0.1, 0.15) is 5.54 Å². The maximum Gasteiger partial charge on any atom is 0.235 e. The van der Waals surface area contributed by atoms with Crippen molar-refractivity contribution in [3.63, 3.8) is 0 Å². The van der Waals surface area contributed by atoms with E-state index in [0.717, 1.165) is 57.7 Å². The van der Waals surface area contributed by atoms with E-state index in [-0.39, 0.29) is 18.5 Å². The van der Waals surface area contributed by atoms with Crippen LogP contribution in [-0.2, 0) is 14.8 Å². The lowest BCUT2D eigenvalue weighted by Gasteiger charge is -2.36. The van der Waals surface area contributed by atoms with Crippen molar-refractivity contribution in [3.8, 4) is 6.07 Å². The molecule has 0 bridgehead atoms. The molecular weight excluding hydrogens is 340 g/mol. The molecule has 1 aliphatic carbocycles. The van der Waals surface area contributed by atoms with E-state index in [1.807, 2.05) is 4.90 Å². The fourth-order valence-electron chi connectivity index (χ4n) is 3.83. The molecule has 2 fully saturated rings. The van der Waals surface area contributed by atoms with E-state index in [2.05, 4.69) is 16.1 Å². The molecule has 2 N–H and O–H groups in total. The summed E-state index contributed by atoms with van der Waals surface area (Å²) in [7, 11) is -3.24. The van der Waals surface area contributed by atoms with E-state index in [9.17, 15) is 18.5 Å². The first-order valence-electron chi connectivity index (χ1n) is 9.24. The van der Waals surface area contributed by atoms with Gasteiger partial charge in [0.2, 0.25) is 15.9 Å². The molecule has 0 aromatic carbocycles.